The predicted octanol–water partition coefficient (Wildman–Crippen LogP) is 1.59. The Morgan fingerprint density at radius 2 is 2.00 bits per heavy atom. The number of aryl methyl sites for hydroxylation is 1. The molecular weight excluding hydrogens is 162 g/mol. The van der Waals surface area contributed by atoms with Crippen LogP contribution in [0.1, 0.15) is 5.56 Å². The first-order chi connectivity index (χ1) is 6.16. The van der Waals surface area contributed by atoms with Gasteiger partial charge in [-0.15, -0.1) is 0 Å². The van der Waals surface area contributed by atoms with E-state index >= 15 is 0 Å². The van der Waals surface area contributed by atoms with E-state index < -0.39 is 0 Å². The molecule has 0 heterocycles. The Bertz CT molecular complexity index is 307. The van der Waals surface area contributed by atoms with Crippen molar-refractivity contribution >= 4 is 11.6 Å². The number of anilines is 1. The molecule has 0 fully saturated rings. The van der Waals surface area contributed by atoms with Gasteiger partial charge in [-0.3, -0.25) is 5.41 Å². The Labute approximate surface area is 78.9 Å². The lowest BCUT2D eigenvalue weighted by molar-refractivity contribution is 1.05. The lowest BCUT2D eigenvalue weighted by Crippen LogP contribution is -2.35. The summed E-state index contributed by atoms with van der Waals surface area (Å²) in [7, 11) is 3.62. The molecule has 0 spiro atoms. The van der Waals surface area contributed by atoms with E-state index in [1.165, 1.54) is 5.56 Å². The quantitative estimate of drug-likeness (QED) is 0.505. The Balaban J connectivity index is 2.95. The molecule has 3 heteroatoms. The number of hydrogen-bond donors (Lipinski definition) is 2. The summed E-state index contributed by atoms with van der Waals surface area (Å²) in [5.74, 6) is 0.397. The zero-order valence-electron chi connectivity index (χ0n) is 8.26. The van der Waals surface area contributed by atoms with Crippen molar-refractivity contribution in [1.29, 1.82) is 5.41 Å². The Morgan fingerprint density at radius 3 is 2.54 bits per heavy atom. The second-order valence-electron chi connectivity index (χ2n) is 2.94. The molecule has 3 nitrogen and oxygen atoms in total. The smallest absolute Gasteiger partial charge is 0.195 e. The topological polar surface area (TPSA) is 39.1 Å². The summed E-state index contributed by atoms with van der Waals surface area (Å²) in [5.41, 5.74) is 2.23. The maximum Gasteiger partial charge on any atom is 0.195 e. The summed E-state index contributed by atoms with van der Waals surface area (Å²) < 4.78 is 0. The van der Waals surface area contributed by atoms with Gasteiger partial charge >= 0.3 is 0 Å². The third kappa shape index (κ3) is 1.99. The van der Waals surface area contributed by atoms with E-state index in [9.17, 15) is 0 Å². The fourth-order valence-electron chi connectivity index (χ4n) is 1.23. The third-order valence-electron chi connectivity index (χ3n) is 2.05. The highest BCUT2D eigenvalue weighted by Gasteiger charge is 2.06. The van der Waals surface area contributed by atoms with Crippen LogP contribution in [-0.4, -0.2) is 20.1 Å². The third-order valence-corrected chi connectivity index (χ3v) is 2.05. The van der Waals surface area contributed by atoms with Gasteiger partial charge in [0.2, 0.25) is 0 Å². The molecule has 2 N–H and O–H groups in total. The van der Waals surface area contributed by atoms with Crippen LogP contribution in [-0.2, 0) is 0 Å². The molecule has 0 bridgehead atoms. The Morgan fingerprint density at radius 1 is 1.38 bits per heavy atom. The van der Waals surface area contributed by atoms with Crippen molar-refractivity contribution in [1.82, 2.24) is 5.32 Å². The van der Waals surface area contributed by atoms with Crippen molar-refractivity contribution in [3.63, 3.8) is 0 Å². The van der Waals surface area contributed by atoms with Gasteiger partial charge in [0.15, 0.2) is 5.96 Å². The van der Waals surface area contributed by atoms with Crippen molar-refractivity contribution in [3.8, 4) is 0 Å². The molecule has 0 saturated heterocycles. The molecule has 0 unspecified atom stereocenters. The Hall–Kier alpha value is -1.51. The van der Waals surface area contributed by atoms with Gasteiger partial charge in [0, 0.05) is 19.8 Å². The SMILES string of the molecule is CNC(=N)N(C)c1ccccc1C. The molecule has 1 aromatic carbocycles. The van der Waals surface area contributed by atoms with Gasteiger partial charge in [0.1, 0.15) is 0 Å². The maximum absolute atomic E-state index is 7.59. The van der Waals surface area contributed by atoms with Crippen LogP contribution in [0.2, 0.25) is 0 Å². The highest BCUT2D eigenvalue weighted by molar-refractivity contribution is 5.93. The van der Waals surface area contributed by atoms with Gasteiger partial charge in [-0.1, -0.05) is 18.2 Å². The van der Waals surface area contributed by atoms with Crippen molar-refractivity contribution in [3.05, 3.63) is 29.8 Å². The summed E-state index contributed by atoms with van der Waals surface area (Å²) in [6.07, 6.45) is 0. The van der Waals surface area contributed by atoms with Gasteiger partial charge in [-0.25, -0.2) is 0 Å². The number of hydrogen-bond acceptors (Lipinski definition) is 1. The van der Waals surface area contributed by atoms with Crippen LogP contribution >= 0.6 is 0 Å². The molecule has 0 atom stereocenters. The number of rotatable bonds is 1. The van der Waals surface area contributed by atoms with E-state index in [2.05, 4.69) is 5.32 Å². The zero-order valence-corrected chi connectivity index (χ0v) is 8.26. The van der Waals surface area contributed by atoms with Crippen LogP contribution in [0, 0.1) is 12.3 Å². The minimum atomic E-state index is 0.397. The van der Waals surface area contributed by atoms with Crippen molar-refractivity contribution in [2.75, 3.05) is 19.0 Å². The highest BCUT2D eigenvalue weighted by atomic mass is 15.3. The maximum atomic E-state index is 7.59. The summed E-state index contributed by atoms with van der Waals surface area (Å²) in [5, 5.41) is 10.4. The van der Waals surface area contributed by atoms with Crippen LogP contribution in [0.4, 0.5) is 5.69 Å². The lowest BCUT2D eigenvalue weighted by Gasteiger charge is -2.21. The molecule has 1 aromatic rings. The largest absolute Gasteiger partial charge is 0.359 e. The van der Waals surface area contributed by atoms with Crippen molar-refractivity contribution in [2.24, 2.45) is 0 Å². The number of para-hydroxylation sites is 1. The zero-order chi connectivity index (χ0) is 9.84. The van der Waals surface area contributed by atoms with E-state index in [1.54, 1.807) is 7.05 Å². The number of nitrogens with one attached hydrogen (secondary N) is 2. The first kappa shape index (κ1) is 9.58. The van der Waals surface area contributed by atoms with E-state index in [1.807, 2.05) is 43.1 Å². The molecule has 13 heavy (non-hydrogen) atoms. The fourth-order valence-corrected chi connectivity index (χ4v) is 1.23. The second kappa shape index (κ2) is 3.94. The molecule has 0 aliphatic rings. The monoisotopic (exact) mass is 177 g/mol. The van der Waals surface area contributed by atoms with Crippen molar-refractivity contribution in [2.45, 2.75) is 6.92 Å². The van der Waals surface area contributed by atoms with Crippen LogP contribution in [0.25, 0.3) is 0 Å². The van der Waals surface area contributed by atoms with E-state index in [-0.39, 0.29) is 0 Å². The molecule has 0 aromatic heterocycles. The number of guanidine groups is 1. The molecule has 1 rings (SSSR count). The summed E-state index contributed by atoms with van der Waals surface area (Å²) in [4.78, 5) is 1.81. The average Bonchev–Trinajstić information content (AvgIpc) is 2.16. The molecular formula is C10H15N3. The second-order valence-corrected chi connectivity index (χ2v) is 2.94. The van der Waals surface area contributed by atoms with Crippen LogP contribution in [0.5, 0.6) is 0 Å². The predicted molar refractivity (Wildman–Crippen MR) is 56.4 cm³/mol. The molecule has 0 aliphatic heterocycles. The molecule has 0 amide bonds. The lowest BCUT2D eigenvalue weighted by atomic mass is 10.2. The van der Waals surface area contributed by atoms with E-state index in [4.69, 9.17) is 5.41 Å². The molecule has 0 aliphatic carbocycles. The van der Waals surface area contributed by atoms with Crippen LogP contribution < -0.4 is 10.2 Å². The summed E-state index contributed by atoms with van der Waals surface area (Å²) in [6, 6.07) is 8.01. The molecule has 0 saturated carbocycles. The first-order valence-electron chi connectivity index (χ1n) is 4.22. The number of benzene rings is 1. The highest BCUT2D eigenvalue weighted by Crippen LogP contribution is 2.16. The Kier molecular flexibility index (Phi) is 2.90. The normalized spacial score (nSPS) is 9.46. The standard InChI is InChI=1S/C10H15N3/c1-8-6-4-5-7-9(8)13(3)10(11)12-2/h4-7H,1-3H3,(H2,11,12). The summed E-state index contributed by atoms with van der Waals surface area (Å²) in [6.45, 7) is 2.04. The minimum absolute atomic E-state index is 0.397. The average molecular weight is 177 g/mol. The summed E-state index contributed by atoms with van der Waals surface area (Å²) >= 11 is 0. The van der Waals surface area contributed by atoms with Crippen LogP contribution in [0.15, 0.2) is 24.3 Å². The minimum Gasteiger partial charge on any atom is -0.359 e. The number of nitrogens with zero attached hydrogens (tertiary/aromatic N) is 1. The fraction of sp³-hybridized carbons (Fsp3) is 0.300. The van der Waals surface area contributed by atoms with Gasteiger partial charge in [0.25, 0.3) is 0 Å². The van der Waals surface area contributed by atoms with Crippen molar-refractivity contribution < 1.29 is 0 Å². The van der Waals surface area contributed by atoms with Gasteiger partial charge in [-0.2, -0.15) is 0 Å². The molecule has 70 valence electrons. The van der Waals surface area contributed by atoms with Crippen LogP contribution in [0.3, 0.4) is 0 Å². The van der Waals surface area contributed by atoms with E-state index in [0.29, 0.717) is 5.96 Å². The van der Waals surface area contributed by atoms with E-state index in [0.717, 1.165) is 5.69 Å². The van der Waals surface area contributed by atoms with Gasteiger partial charge < -0.3 is 10.2 Å². The molecule has 0 radical (unpaired) electrons. The van der Waals surface area contributed by atoms with Gasteiger partial charge in [-0.05, 0) is 18.6 Å². The first-order valence-corrected chi connectivity index (χ1v) is 4.22. The van der Waals surface area contributed by atoms with Gasteiger partial charge in [0.05, 0.1) is 0 Å².